The molecule has 0 spiro atoms. The van der Waals surface area contributed by atoms with Gasteiger partial charge in [-0.05, 0) is 48.9 Å². The molecule has 1 aliphatic rings. The van der Waals surface area contributed by atoms with Crippen molar-refractivity contribution < 1.29 is 0 Å². The summed E-state index contributed by atoms with van der Waals surface area (Å²) in [5, 5.41) is 0.863. The fourth-order valence-electron chi connectivity index (χ4n) is 2.51. The fraction of sp³-hybridized carbons (Fsp3) is 0.538. The average molecular weight is 209 g/mol. The monoisotopic (exact) mass is 208 g/mol. The lowest BCUT2D eigenvalue weighted by Gasteiger charge is -2.23. The molecule has 0 radical (unpaired) electrons. The number of hydrogen-bond donors (Lipinski definition) is 0. The maximum atomic E-state index is 5.96. The molecular weight excluding hydrogens is 192 g/mol. The summed E-state index contributed by atoms with van der Waals surface area (Å²) in [6.45, 7) is 2.18. The van der Waals surface area contributed by atoms with Crippen molar-refractivity contribution in [3.63, 3.8) is 0 Å². The van der Waals surface area contributed by atoms with E-state index in [0.29, 0.717) is 0 Å². The first-order valence-corrected chi connectivity index (χ1v) is 5.91. The third kappa shape index (κ3) is 2.12. The van der Waals surface area contributed by atoms with Crippen LogP contribution in [0.25, 0.3) is 0 Å². The normalized spacial score (nSPS) is 18.4. The minimum absolute atomic E-state index is 0.793. The lowest BCUT2D eigenvalue weighted by Crippen LogP contribution is -2.05. The van der Waals surface area contributed by atoms with Crippen molar-refractivity contribution in [2.75, 3.05) is 0 Å². The first-order chi connectivity index (χ1) is 6.77. The van der Waals surface area contributed by atoms with Crippen LogP contribution in [0.5, 0.6) is 0 Å². The van der Waals surface area contributed by atoms with Gasteiger partial charge in [0.15, 0.2) is 0 Å². The number of hydrogen-bond acceptors (Lipinski definition) is 0. The Morgan fingerprint density at radius 2 is 1.86 bits per heavy atom. The van der Waals surface area contributed by atoms with Crippen molar-refractivity contribution >= 4 is 11.6 Å². The highest BCUT2D eigenvalue weighted by molar-refractivity contribution is 6.30. The second-order valence-electron chi connectivity index (χ2n) is 4.34. The Labute approximate surface area is 91.3 Å². The van der Waals surface area contributed by atoms with Gasteiger partial charge in [-0.1, -0.05) is 36.9 Å². The van der Waals surface area contributed by atoms with Crippen LogP contribution in [0.15, 0.2) is 18.2 Å². The zero-order valence-electron chi connectivity index (χ0n) is 8.72. The summed E-state index contributed by atoms with van der Waals surface area (Å²) in [5.41, 5.74) is 2.89. The Balaban J connectivity index is 2.22. The molecule has 0 aliphatic heterocycles. The van der Waals surface area contributed by atoms with E-state index in [1.807, 2.05) is 6.07 Å². The van der Waals surface area contributed by atoms with Gasteiger partial charge in [-0.25, -0.2) is 0 Å². The first kappa shape index (κ1) is 10.0. The zero-order chi connectivity index (χ0) is 9.97. The molecule has 0 amide bonds. The van der Waals surface area contributed by atoms with Crippen LogP contribution in [0.1, 0.15) is 49.1 Å². The number of rotatable bonds is 1. The molecule has 1 heteroatoms. The summed E-state index contributed by atoms with van der Waals surface area (Å²) in [6.07, 6.45) is 6.94. The highest BCUT2D eigenvalue weighted by Gasteiger charge is 2.16. The van der Waals surface area contributed by atoms with Crippen molar-refractivity contribution in [3.8, 4) is 0 Å². The molecule has 1 saturated carbocycles. The summed E-state index contributed by atoms with van der Waals surface area (Å²) in [7, 11) is 0. The third-order valence-corrected chi connectivity index (χ3v) is 3.51. The van der Waals surface area contributed by atoms with Crippen molar-refractivity contribution in [2.24, 2.45) is 0 Å². The molecule has 0 aromatic heterocycles. The Morgan fingerprint density at radius 3 is 2.50 bits per heavy atom. The molecule has 0 atom stereocenters. The highest BCUT2D eigenvalue weighted by Crippen LogP contribution is 2.34. The Bertz CT molecular complexity index is 311. The molecule has 1 fully saturated rings. The minimum atomic E-state index is 0.793. The van der Waals surface area contributed by atoms with Crippen molar-refractivity contribution in [1.29, 1.82) is 0 Å². The second kappa shape index (κ2) is 4.35. The quantitative estimate of drug-likeness (QED) is 0.628. The summed E-state index contributed by atoms with van der Waals surface area (Å²) in [5.74, 6) is 0.793. The number of benzene rings is 1. The molecular formula is C13H17Cl. The second-order valence-corrected chi connectivity index (χ2v) is 4.77. The Kier molecular flexibility index (Phi) is 3.12. The largest absolute Gasteiger partial charge is 0.0843 e. The van der Waals surface area contributed by atoms with Crippen LogP contribution >= 0.6 is 11.6 Å². The van der Waals surface area contributed by atoms with E-state index < -0.39 is 0 Å². The van der Waals surface area contributed by atoms with Gasteiger partial charge < -0.3 is 0 Å². The smallest absolute Gasteiger partial charge is 0.0408 e. The third-order valence-electron chi connectivity index (χ3n) is 3.28. The van der Waals surface area contributed by atoms with E-state index in [-0.39, 0.29) is 0 Å². The summed E-state index contributed by atoms with van der Waals surface area (Å²) in [6, 6.07) is 6.33. The summed E-state index contributed by atoms with van der Waals surface area (Å²) >= 11 is 5.96. The molecule has 14 heavy (non-hydrogen) atoms. The van der Waals surface area contributed by atoms with E-state index in [4.69, 9.17) is 11.6 Å². The van der Waals surface area contributed by atoms with E-state index >= 15 is 0 Å². The van der Waals surface area contributed by atoms with E-state index in [1.165, 1.54) is 43.2 Å². The number of halogens is 1. The molecule has 1 aromatic rings. The molecule has 2 rings (SSSR count). The molecule has 0 bridgehead atoms. The zero-order valence-corrected chi connectivity index (χ0v) is 9.48. The lowest BCUT2D eigenvalue weighted by molar-refractivity contribution is 0.442. The van der Waals surface area contributed by atoms with E-state index in [0.717, 1.165) is 10.9 Å². The van der Waals surface area contributed by atoms with Crippen molar-refractivity contribution in [2.45, 2.75) is 44.9 Å². The molecule has 0 saturated heterocycles. The molecule has 0 unspecified atom stereocenters. The molecule has 1 aromatic carbocycles. The van der Waals surface area contributed by atoms with Crippen molar-refractivity contribution in [1.82, 2.24) is 0 Å². The summed E-state index contributed by atoms with van der Waals surface area (Å²) in [4.78, 5) is 0. The van der Waals surface area contributed by atoms with Crippen LogP contribution in [-0.2, 0) is 0 Å². The highest BCUT2D eigenvalue weighted by atomic mass is 35.5. The van der Waals surface area contributed by atoms with Gasteiger partial charge in [0.1, 0.15) is 0 Å². The first-order valence-electron chi connectivity index (χ1n) is 5.53. The van der Waals surface area contributed by atoms with Gasteiger partial charge in [0, 0.05) is 5.02 Å². The van der Waals surface area contributed by atoms with Crippen LogP contribution < -0.4 is 0 Å². The van der Waals surface area contributed by atoms with Gasteiger partial charge in [0.25, 0.3) is 0 Å². The fourth-order valence-corrected chi connectivity index (χ4v) is 2.74. The molecule has 0 nitrogen and oxygen atoms in total. The maximum absolute atomic E-state index is 5.96. The standard InChI is InChI=1S/C13H17Cl/c1-10-9-12(14)7-8-13(10)11-5-3-2-4-6-11/h7-9,11H,2-6H2,1H3. The van der Waals surface area contributed by atoms with Crippen LogP contribution in [0.4, 0.5) is 0 Å². The Morgan fingerprint density at radius 1 is 1.14 bits per heavy atom. The van der Waals surface area contributed by atoms with Gasteiger partial charge in [0.2, 0.25) is 0 Å². The molecule has 76 valence electrons. The Hall–Kier alpha value is -0.490. The lowest BCUT2D eigenvalue weighted by atomic mass is 9.82. The molecule has 1 aliphatic carbocycles. The van der Waals surface area contributed by atoms with Gasteiger partial charge >= 0.3 is 0 Å². The van der Waals surface area contributed by atoms with Crippen LogP contribution in [-0.4, -0.2) is 0 Å². The predicted octanol–water partition coefficient (Wildman–Crippen LogP) is 4.70. The van der Waals surface area contributed by atoms with Crippen LogP contribution in [0.2, 0.25) is 5.02 Å². The predicted molar refractivity (Wildman–Crippen MR) is 62.0 cm³/mol. The van der Waals surface area contributed by atoms with Gasteiger partial charge in [0.05, 0.1) is 0 Å². The van der Waals surface area contributed by atoms with E-state index in [9.17, 15) is 0 Å². The maximum Gasteiger partial charge on any atom is 0.0408 e. The van der Waals surface area contributed by atoms with E-state index in [1.54, 1.807) is 0 Å². The van der Waals surface area contributed by atoms with Gasteiger partial charge in [-0.2, -0.15) is 0 Å². The summed E-state index contributed by atoms with van der Waals surface area (Å²) < 4.78 is 0. The minimum Gasteiger partial charge on any atom is -0.0843 e. The molecule has 0 heterocycles. The van der Waals surface area contributed by atoms with Crippen molar-refractivity contribution in [3.05, 3.63) is 34.3 Å². The van der Waals surface area contributed by atoms with Crippen LogP contribution in [0, 0.1) is 6.92 Å². The van der Waals surface area contributed by atoms with Crippen LogP contribution in [0.3, 0.4) is 0 Å². The SMILES string of the molecule is Cc1cc(Cl)ccc1C1CCCCC1. The molecule has 0 N–H and O–H groups in total. The average Bonchev–Trinajstić information content (AvgIpc) is 2.19. The van der Waals surface area contributed by atoms with E-state index in [2.05, 4.69) is 19.1 Å². The van der Waals surface area contributed by atoms with Gasteiger partial charge in [-0.3, -0.25) is 0 Å². The topological polar surface area (TPSA) is 0 Å². The number of aryl methyl sites for hydroxylation is 1. The van der Waals surface area contributed by atoms with Gasteiger partial charge in [-0.15, -0.1) is 0 Å².